The van der Waals surface area contributed by atoms with Crippen LogP contribution in [0.3, 0.4) is 0 Å². The summed E-state index contributed by atoms with van der Waals surface area (Å²) in [4.78, 5) is 12.1. The molecule has 0 aromatic heterocycles. The zero-order valence-electron chi connectivity index (χ0n) is 10.4. The number of hydrogen-bond donors (Lipinski definition) is 2. The Hall–Kier alpha value is -1.18. The number of halogens is 2. The largest absolute Gasteiger partial charge is 0.385 e. The molecule has 0 saturated heterocycles. The third kappa shape index (κ3) is 6.00. The van der Waals surface area contributed by atoms with Crippen LogP contribution in [-0.4, -0.2) is 31.4 Å². The van der Waals surface area contributed by atoms with E-state index in [1.807, 2.05) is 0 Å². The molecule has 0 aliphatic carbocycles. The number of anilines is 1. The van der Waals surface area contributed by atoms with Gasteiger partial charge in [-0.1, -0.05) is 11.8 Å². The predicted octanol–water partition coefficient (Wildman–Crippen LogP) is 2.30. The fourth-order valence-electron chi connectivity index (χ4n) is 1.33. The summed E-state index contributed by atoms with van der Waals surface area (Å²) in [5, 5.41) is 2.61. The molecule has 1 atom stereocenters. The summed E-state index contributed by atoms with van der Waals surface area (Å²) in [5.41, 5.74) is 6.18. The number of nitrogens with one attached hydrogen (secondary N) is 1. The first kappa shape index (κ1) is 15.9. The fourth-order valence-corrected chi connectivity index (χ4v) is 1.83. The van der Waals surface area contributed by atoms with Crippen molar-refractivity contribution in [2.75, 3.05) is 19.0 Å². The van der Waals surface area contributed by atoms with Crippen LogP contribution in [-0.2, 0) is 9.53 Å². The van der Waals surface area contributed by atoms with Crippen LogP contribution < -0.4 is 11.1 Å². The van der Waals surface area contributed by atoms with Gasteiger partial charge in [-0.2, -0.15) is 8.78 Å². The van der Waals surface area contributed by atoms with Crippen molar-refractivity contribution in [1.82, 2.24) is 0 Å². The van der Waals surface area contributed by atoms with Crippen molar-refractivity contribution in [2.45, 2.75) is 23.1 Å². The van der Waals surface area contributed by atoms with Crippen molar-refractivity contribution < 1.29 is 18.3 Å². The molecule has 1 aromatic carbocycles. The third-order valence-electron chi connectivity index (χ3n) is 2.32. The van der Waals surface area contributed by atoms with Crippen molar-refractivity contribution in [3.63, 3.8) is 0 Å². The average molecular weight is 290 g/mol. The minimum atomic E-state index is -2.46. The number of nitrogens with two attached hydrogens (primary N) is 1. The van der Waals surface area contributed by atoms with Crippen molar-refractivity contribution in [2.24, 2.45) is 5.73 Å². The monoisotopic (exact) mass is 290 g/mol. The summed E-state index contributed by atoms with van der Waals surface area (Å²) in [6, 6.07) is 5.51. The van der Waals surface area contributed by atoms with E-state index in [0.717, 1.165) is 0 Å². The summed E-state index contributed by atoms with van der Waals surface area (Å²) in [7, 11) is 1.53. The second-order valence-corrected chi connectivity index (χ2v) is 4.84. The maximum absolute atomic E-state index is 12.1. The number of amides is 1. The van der Waals surface area contributed by atoms with Gasteiger partial charge in [0, 0.05) is 24.3 Å². The maximum atomic E-state index is 12.1. The number of thioether (sulfide) groups is 1. The van der Waals surface area contributed by atoms with Gasteiger partial charge in [-0.3, -0.25) is 4.79 Å². The zero-order chi connectivity index (χ0) is 14.3. The van der Waals surface area contributed by atoms with Crippen molar-refractivity contribution in [3.8, 4) is 0 Å². The summed E-state index contributed by atoms with van der Waals surface area (Å²) in [5.74, 6) is -2.78. The van der Waals surface area contributed by atoms with E-state index in [2.05, 4.69) is 5.32 Å². The Bertz CT molecular complexity index is 401. The van der Waals surface area contributed by atoms with Crippen LogP contribution in [0.2, 0.25) is 0 Å². The van der Waals surface area contributed by atoms with E-state index in [0.29, 0.717) is 35.4 Å². The molecule has 7 heteroatoms. The smallest absolute Gasteiger partial charge is 0.288 e. The quantitative estimate of drug-likeness (QED) is 0.756. The Labute approximate surface area is 114 Å². The molecule has 1 amide bonds. The number of methoxy groups -OCH3 is 1. The van der Waals surface area contributed by atoms with E-state index in [1.54, 1.807) is 12.1 Å². The molecule has 4 nitrogen and oxygen atoms in total. The van der Waals surface area contributed by atoms with Crippen LogP contribution in [0.25, 0.3) is 0 Å². The molecular weight excluding hydrogens is 274 g/mol. The molecule has 0 aliphatic rings. The number of carbonyl (C=O) groups excluding carboxylic acids is 1. The lowest BCUT2D eigenvalue weighted by atomic mass is 10.2. The summed E-state index contributed by atoms with van der Waals surface area (Å²) >= 11 is 0.456. The molecule has 0 spiro atoms. The highest BCUT2D eigenvalue weighted by molar-refractivity contribution is 7.99. The first-order valence-electron chi connectivity index (χ1n) is 5.63. The molecule has 1 unspecified atom stereocenters. The number of rotatable bonds is 7. The van der Waals surface area contributed by atoms with Gasteiger partial charge in [0.05, 0.1) is 6.04 Å². The number of carbonyl (C=O) groups is 1. The minimum Gasteiger partial charge on any atom is -0.385 e. The van der Waals surface area contributed by atoms with Crippen molar-refractivity contribution in [3.05, 3.63) is 24.3 Å². The fraction of sp³-hybridized carbons (Fsp3) is 0.417. The zero-order valence-corrected chi connectivity index (χ0v) is 11.3. The molecule has 1 rings (SSSR count). The summed E-state index contributed by atoms with van der Waals surface area (Å²) < 4.78 is 29.1. The predicted molar refractivity (Wildman–Crippen MR) is 71.4 cm³/mol. The highest BCUT2D eigenvalue weighted by atomic mass is 32.2. The summed E-state index contributed by atoms with van der Waals surface area (Å²) in [6.45, 7) is 0.401. The number of alkyl halides is 2. The van der Waals surface area contributed by atoms with Crippen molar-refractivity contribution in [1.29, 1.82) is 0 Å². The summed E-state index contributed by atoms with van der Waals surface area (Å²) in [6.07, 6.45) is 0.418. The van der Waals surface area contributed by atoms with E-state index in [9.17, 15) is 13.6 Å². The molecule has 0 bridgehead atoms. The molecule has 106 valence electrons. The van der Waals surface area contributed by atoms with Crippen molar-refractivity contribution >= 4 is 23.4 Å². The second kappa shape index (κ2) is 8.08. The van der Waals surface area contributed by atoms with Crippen LogP contribution in [0.5, 0.6) is 0 Å². The van der Waals surface area contributed by atoms with E-state index in [-0.39, 0.29) is 5.91 Å². The first-order valence-corrected chi connectivity index (χ1v) is 6.51. The van der Waals surface area contributed by atoms with Gasteiger partial charge in [0.2, 0.25) is 5.91 Å². The van der Waals surface area contributed by atoms with Gasteiger partial charge in [0.15, 0.2) is 0 Å². The van der Waals surface area contributed by atoms with Gasteiger partial charge in [0.25, 0.3) is 5.76 Å². The Balaban J connectivity index is 2.50. The molecule has 0 fully saturated rings. The third-order valence-corrected chi connectivity index (χ3v) is 3.04. The molecule has 0 radical (unpaired) electrons. The lowest BCUT2D eigenvalue weighted by Gasteiger charge is -2.12. The van der Waals surface area contributed by atoms with Gasteiger partial charge >= 0.3 is 0 Å². The Morgan fingerprint density at radius 3 is 2.58 bits per heavy atom. The minimum absolute atomic E-state index is 0.327. The SMILES string of the molecule is COCCC(N)C(=O)Nc1ccc(SC(F)F)cc1. The molecule has 19 heavy (non-hydrogen) atoms. The number of benzene rings is 1. The molecule has 3 N–H and O–H groups in total. The average Bonchev–Trinajstić information content (AvgIpc) is 2.37. The van der Waals surface area contributed by atoms with E-state index >= 15 is 0 Å². The molecule has 0 aliphatic heterocycles. The van der Waals surface area contributed by atoms with Gasteiger partial charge in [-0.25, -0.2) is 0 Å². The van der Waals surface area contributed by atoms with E-state index in [1.165, 1.54) is 19.2 Å². The maximum Gasteiger partial charge on any atom is 0.288 e. The van der Waals surface area contributed by atoms with E-state index in [4.69, 9.17) is 10.5 Å². The Kier molecular flexibility index (Phi) is 6.75. The number of hydrogen-bond acceptors (Lipinski definition) is 4. The lowest BCUT2D eigenvalue weighted by molar-refractivity contribution is -0.117. The molecular formula is C12H16F2N2O2S. The van der Waals surface area contributed by atoms with Gasteiger partial charge < -0.3 is 15.8 Å². The highest BCUT2D eigenvalue weighted by Gasteiger charge is 2.13. The Morgan fingerprint density at radius 2 is 2.05 bits per heavy atom. The lowest BCUT2D eigenvalue weighted by Crippen LogP contribution is -2.36. The second-order valence-electron chi connectivity index (χ2n) is 3.78. The molecule has 0 heterocycles. The Morgan fingerprint density at radius 1 is 1.42 bits per heavy atom. The number of ether oxygens (including phenoxy) is 1. The van der Waals surface area contributed by atoms with Crippen LogP contribution in [0, 0.1) is 0 Å². The standard InChI is InChI=1S/C12H16F2N2O2S/c1-18-7-6-10(15)11(17)16-8-2-4-9(5-3-8)19-12(13)14/h2-5,10,12H,6-7,15H2,1H3,(H,16,17). The molecule has 1 aromatic rings. The van der Waals surface area contributed by atoms with E-state index < -0.39 is 11.8 Å². The molecule has 0 saturated carbocycles. The van der Waals surface area contributed by atoms with Crippen LogP contribution in [0.4, 0.5) is 14.5 Å². The van der Waals surface area contributed by atoms with Gasteiger partial charge in [-0.15, -0.1) is 0 Å². The first-order chi connectivity index (χ1) is 9.02. The van der Waals surface area contributed by atoms with Crippen LogP contribution >= 0.6 is 11.8 Å². The van der Waals surface area contributed by atoms with Gasteiger partial charge in [-0.05, 0) is 30.7 Å². The highest BCUT2D eigenvalue weighted by Crippen LogP contribution is 2.26. The van der Waals surface area contributed by atoms with Gasteiger partial charge in [0.1, 0.15) is 0 Å². The topological polar surface area (TPSA) is 64.3 Å². The normalized spacial score (nSPS) is 12.5. The van der Waals surface area contributed by atoms with Crippen LogP contribution in [0.1, 0.15) is 6.42 Å². The van der Waals surface area contributed by atoms with Crippen LogP contribution in [0.15, 0.2) is 29.2 Å².